The number of hydrogen-bond acceptors (Lipinski definition) is 1. The Labute approximate surface area is 71.8 Å². The normalized spacial score (nSPS) is 8.67. The molecular weight excluding hydrogens is 324 g/mol. The first-order chi connectivity index (χ1) is 4.34. The Kier molecular flexibility index (Phi) is 2.96. The molecule has 1 aromatic rings. The van der Waals surface area contributed by atoms with Crippen molar-refractivity contribution in [2.45, 2.75) is 0 Å². The molecule has 1 radical (unpaired) electrons. The molecule has 0 fully saturated rings. The number of rotatable bonds is 1. The maximum atomic E-state index is 8.82. The van der Waals surface area contributed by atoms with Gasteiger partial charge in [-0.25, -0.2) is 0 Å². The molecule has 0 aliphatic heterocycles. The Morgan fingerprint density at radius 1 is 1.67 bits per heavy atom. The van der Waals surface area contributed by atoms with E-state index in [1.54, 1.807) is 12.1 Å². The molecule has 0 amide bonds. The first-order valence-corrected chi connectivity index (χ1v) is 8.19. The van der Waals surface area contributed by atoms with Crippen LogP contribution in [0.15, 0.2) is 18.2 Å². The van der Waals surface area contributed by atoms with Crippen LogP contribution in [0.2, 0.25) is 5.02 Å². The molecule has 0 saturated heterocycles. The zero-order valence-electron chi connectivity index (χ0n) is 4.76. The van der Waals surface area contributed by atoms with E-state index in [0.29, 0.717) is 5.02 Å². The van der Waals surface area contributed by atoms with Gasteiger partial charge in [0.05, 0.1) is 0 Å². The van der Waals surface area contributed by atoms with Crippen LogP contribution < -0.4 is 3.07 Å². The average molecular weight is 328 g/mol. The molecule has 0 saturated carbocycles. The van der Waals surface area contributed by atoms with E-state index in [1.165, 1.54) is 0 Å². The van der Waals surface area contributed by atoms with Gasteiger partial charge in [0.2, 0.25) is 0 Å². The van der Waals surface area contributed by atoms with Gasteiger partial charge in [-0.15, -0.1) is 0 Å². The Bertz CT molecular complexity index is 202. The molecule has 0 heterocycles. The van der Waals surface area contributed by atoms with Crippen LogP contribution in [-0.4, -0.2) is 3.01 Å². The molecule has 1 rings (SSSR count). The van der Waals surface area contributed by atoms with Gasteiger partial charge in [0.25, 0.3) is 0 Å². The topological polar surface area (TPSA) is 20.2 Å². The minimum atomic E-state index is -1.78. The summed E-state index contributed by atoms with van der Waals surface area (Å²) in [4.78, 5) is 0. The summed E-state index contributed by atoms with van der Waals surface area (Å²) in [5, 5.41) is 0.668. The van der Waals surface area contributed by atoms with Crippen molar-refractivity contribution in [3.05, 3.63) is 29.3 Å². The second-order valence-corrected chi connectivity index (χ2v) is 6.04. The van der Waals surface area contributed by atoms with Crippen molar-refractivity contribution in [2.75, 3.05) is 0 Å². The summed E-state index contributed by atoms with van der Waals surface area (Å²) in [5.41, 5.74) is 0. The van der Waals surface area contributed by atoms with Crippen molar-refractivity contribution in [2.24, 2.45) is 0 Å². The van der Waals surface area contributed by atoms with E-state index in [4.69, 9.17) is 14.6 Å². The summed E-state index contributed by atoms with van der Waals surface area (Å²) in [6.45, 7) is 0. The molecule has 0 bridgehead atoms. The van der Waals surface area contributed by atoms with Crippen molar-refractivity contribution >= 4 is 14.7 Å². The van der Waals surface area contributed by atoms with Crippen LogP contribution in [0, 0.1) is 6.07 Å². The van der Waals surface area contributed by atoms with E-state index in [-0.39, 0.29) is 0 Å². The van der Waals surface area contributed by atoms with Crippen LogP contribution in [0.1, 0.15) is 0 Å². The van der Waals surface area contributed by atoms with Crippen molar-refractivity contribution in [1.82, 2.24) is 0 Å². The molecule has 0 spiro atoms. The molecule has 9 heavy (non-hydrogen) atoms. The molecule has 0 atom stereocenters. The van der Waals surface area contributed by atoms with Gasteiger partial charge in [-0.2, -0.15) is 0 Å². The first kappa shape index (κ1) is 7.51. The number of hydrogen-bond donors (Lipinski definition) is 1. The molecule has 1 N–H and O–H groups in total. The Hall–Kier alpha value is 0.405. The van der Waals surface area contributed by atoms with Gasteiger partial charge < -0.3 is 0 Å². The molecule has 1 aromatic carbocycles. The van der Waals surface area contributed by atoms with Crippen molar-refractivity contribution in [1.29, 1.82) is 0 Å². The summed E-state index contributed by atoms with van der Waals surface area (Å²) in [5.74, 6) is 0. The van der Waals surface area contributed by atoms with Crippen LogP contribution >= 0.6 is 11.6 Å². The van der Waals surface area contributed by atoms with Gasteiger partial charge in [-0.1, -0.05) is 0 Å². The van der Waals surface area contributed by atoms with E-state index in [1.807, 2.05) is 6.07 Å². The molecular formula is C6H4ClHgO. The fourth-order valence-electron chi connectivity index (χ4n) is 0.572. The Morgan fingerprint density at radius 3 is 2.89 bits per heavy atom. The average Bonchev–Trinajstić information content (AvgIpc) is 1.89. The van der Waals surface area contributed by atoms with Crippen LogP contribution in [0.5, 0.6) is 0 Å². The standard InChI is InChI=1S/C6H3Cl.Hg.H2O/c7-6-4-2-1-3-5-6;;/h1-2,4H;;1H2/q;+1;/p-1. The minimum absolute atomic E-state index is 0.668. The zero-order valence-corrected chi connectivity index (χ0v) is 11.0. The van der Waals surface area contributed by atoms with E-state index >= 15 is 0 Å². The van der Waals surface area contributed by atoms with Gasteiger partial charge in [0, 0.05) is 0 Å². The number of halogens is 1. The fraction of sp³-hybridized carbons (Fsp3) is 0. The zero-order chi connectivity index (χ0) is 6.69. The summed E-state index contributed by atoms with van der Waals surface area (Å²) in [7, 11) is 0. The SMILES string of the molecule is [OH][Hg][c]1[c]cccc1Cl. The summed E-state index contributed by atoms with van der Waals surface area (Å²) < 4.78 is 9.70. The van der Waals surface area contributed by atoms with Gasteiger partial charge in [0.1, 0.15) is 0 Å². The van der Waals surface area contributed by atoms with Crippen molar-refractivity contribution in [3.63, 3.8) is 0 Å². The predicted molar refractivity (Wildman–Crippen MR) is 32.1 cm³/mol. The van der Waals surface area contributed by atoms with E-state index in [9.17, 15) is 0 Å². The quantitative estimate of drug-likeness (QED) is 0.755. The molecule has 0 aromatic heterocycles. The van der Waals surface area contributed by atoms with Gasteiger partial charge >= 0.3 is 72.0 Å². The molecule has 0 unspecified atom stereocenters. The third kappa shape index (κ3) is 1.92. The molecule has 0 aliphatic rings. The fourth-order valence-corrected chi connectivity index (χ4v) is 3.08. The van der Waals surface area contributed by atoms with Crippen LogP contribution in [0.25, 0.3) is 0 Å². The molecule has 3 heteroatoms. The summed E-state index contributed by atoms with van der Waals surface area (Å²) >= 11 is 3.91. The van der Waals surface area contributed by atoms with Gasteiger partial charge in [-0.05, 0) is 0 Å². The summed E-state index contributed by atoms with van der Waals surface area (Å²) in [6, 6.07) is 8.27. The van der Waals surface area contributed by atoms with E-state index < -0.39 is 25.0 Å². The monoisotopic (exact) mass is 329 g/mol. The third-order valence-electron chi connectivity index (χ3n) is 1.04. The molecule has 43 valence electrons. The maximum absolute atomic E-state index is 8.82. The first-order valence-electron chi connectivity index (χ1n) is 2.60. The predicted octanol–water partition coefficient (Wildman–Crippen LogP) is 0.755. The molecule has 0 aliphatic carbocycles. The second kappa shape index (κ2) is 3.54. The van der Waals surface area contributed by atoms with Crippen molar-refractivity contribution in [3.8, 4) is 0 Å². The third-order valence-corrected chi connectivity index (χ3v) is 5.77. The Morgan fingerprint density at radius 2 is 2.44 bits per heavy atom. The Balaban J connectivity index is 3.01. The van der Waals surface area contributed by atoms with E-state index in [2.05, 4.69) is 6.07 Å². The van der Waals surface area contributed by atoms with Crippen molar-refractivity contribution < 1.29 is 28.0 Å². The van der Waals surface area contributed by atoms with Crippen LogP contribution in [0.4, 0.5) is 0 Å². The second-order valence-electron chi connectivity index (χ2n) is 1.65. The molecule has 1 nitrogen and oxygen atoms in total. The van der Waals surface area contributed by atoms with Crippen LogP contribution in [0.3, 0.4) is 0 Å². The van der Waals surface area contributed by atoms with Gasteiger partial charge in [-0.3, -0.25) is 0 Å². The van der Waals surface area contributed by atoms with Gasteiger partial charge in [0.15, 0.2) is 0 Å². The van der Waals surface area contributed by atoms with E-state index in [0.717, 1.165) is 3.07 Å². The van der Waals surface area contributed by atoms with Crippen LogP contribution in [-0.2, 0) is 25.0 Å². The summed E-state index contributed by atoms with van der Waals surface area (Å²) in [6.07, 6.45) is 0. The number of benzene rings is 1.